The number of halogens is 1. The largest absolute Gasteiger partial charge is 0.340 e. The van der Waals surface area contributed by atoms with E-state index in [2.05, 4.69) is 0 Å². The molecule has 1 aliphatic heterocycles. The Morgan fingerprint density at radius 2 is 1.62 bits per heavy atom. The van der Waals surface area contributed by atoms with E-state index in [1.54, 1.807) is 21.3 Å². The van der Waals surface area contributed by atoms with Gasteiger partial charge < -0.3 is 4.90 Å². The van der Waals surface area contributed by atoms with Crippen LogP contribution in [0.1, 0.15) is 31.2 Å². The molecule has 24 heavy (non-hydrogen) atoms. The van der Waals surface area contributed by atoms with Crippen molar-refractivity contribution in [3.05, 3.63) is 34.9 Å². The molecule has 1 saturated heterocycles. The van der Waals surface area contributed by atoms with Crippen LogP contribution in [0.15, 0.2) is 24.3 Å². The van der Waals surface area contributed by atoms with Crippen LogP contribution in [-0.2, 0) is 21.2 Å². The second kappa shape index (κ2) is 7.42. The molecule has 2 aliphatic rings. The second-order valence-electron chi connectivity index (χ2n) is 6.53. The Hall–Kier alpha value is -1.11. The summed E-state index contributed by atoms with van der Waals surface area (Å²) in [4.78, 5) is 14.1. The third-order valence-corrected chi connectivity index (χ3v) is 7.59. The Balaban J connectivity index is 1.54. The molecule has 0 radical (unpaired) electrons. The van der Waals surface area contributed by atoms with E-state index in [1.807, 2.05) is 12.1 Å². The van der Waals surface area contributed by atoms with E-state index in [0.29, 0.717) is 37.6 Å². The van der Waals surface area contributed by atoms with Gasteiger partial charge >= 0.3 is 0 Å². The first-order valence-corrected chi connectivity index (χ1v) is 10.4. The lowest BCUT2D eigenvalue weighted by Gasteiger charge is -2.35. The molecule has 0 atom stereocenters. The van der Waals surface area contributed by atoms with E-state index in [1.165, 1.54) is 0 Å². The van der Waals surface area contributed by atoms with Crippen LogP contribution in [0.5, 0.6) is 0 Å². The quantitative estimate of drug-likeness (QED) is 0.817. The molecule has 3 rings (SSSR count). The van der Waals surface area contributed by atoms with Gasteiger partial charge in [0.25, 0.3) is 0 Å². The number of hydrogen-bond acceptors (Lipinski definition) is 3. The molecule has 1 aromatic carbocycles. The van der Waals surface area contributed by atoms with E-state index < -0.39 is 10.0 Å². The van der Waals surface area contributed by atoms with Gasteiger partial charge in [-0.15, -0.1) is 0 Å². The van der Waals surface area contributed by atoms with E-state index in [9.17, 15) is 13.2 Å². The fraction of sp³-hybridized carbons (Fsp3) is 0.588. The number of nitrogens with zero attached hydrogens (tertiary/aromatic N) is 2. The zero-order valence-electron chi connectivity index (χ0n) is 13.7. The fourth-order valence-corrected chi connectivity index (χ4v) is 5.63. The van der Waals surface area contributed by atoms with Gasteiger partial charge in [0.1, 0.15) is 0 Å². The first-order valence-electron chi connectivity index (χ1n) is 8.48. The maximum Gasteiger partial charge on any atom is 0.227 e. The average molecular weight is 371 g/mol. The topological polar surface area (TPSA) is 57.7 Å². The van der Waals surface area contributed by atoms with Crippen molar-refractivity contribution in [3.63, 3.8) is 0 Å². The number of amides is 1. The molecule has 0 aromatic heterocycles. The Bertz CT molecular complexity index is 676. The van der Waals surface area contributed by atoms with Crippen molar-refractivity contribution in [2.24, 2.45) is 0 Å². The minimum absolute atomic E-state index is 0.0373. The minimum atomic E-state index is -3.19. The van der Waals surface area contributed by atoms with Gasteiger partial charge in [0.05, 0.1) is 11.7 Å². The van der Waals surface area contributed by atoms with Gasteiger partial charge in [0.2, 0.25) is 15.9 Å². The SMILES string of the molecule is O=C(Cc1ccc(Cl)cc1)N1CCN(S(=O)(=O)C2CCCC2)CC1. The molecule has 1 aromatic rings. The Morgan fingerprint density at radius 1 is 1.04 bits per heavy atom. The molecule has 5 nitrogen and oxygen atoms in total. The summed E-state index contributed by atoms with van der Waals surface area (Å²) in [5, 5.41) is 0.436. The molecule has 1 amide bonds. The summed E-state index contributed by atoms with van der Waals surface area (Å²) in [6.07, 6.45) is 3.88. The van der Waals surface area contributed by atoms with Crippen LogP contribution < -0.4 is 0 Å². The number of piperazine rings is 1. The highest BCUT2D eigenvalue weighted by atomic mass is 35.5. The molecule has 7 heteroatoms. The van der Waals surface area contributed by atoms with Crippen LogP contribution in [0.25, 0.3) is 0 Å². The normalized spacial score (nSPS) is 20.5. The summed E-state index contributed by atoms with van der Waals surface area (Å²) in [5.41, 5.74) is 0.922. The molecule has 0 N–H and O–H groups in total. The molecule has 0 unspecified atom stereocenters. The number of sulfonamides is 1. The number of rotatable bonds is 4. The van der Waals surface area contributed by atoms with Gasteiger partial charge in [-0.05, 0) is 30.5 Å². The smallest absolute Gasteiger partial charge is 0.227 e. The number of benzene rings is 1. The van der Waals surface area contributed by atoms with Crippen molar-refractivity contribution >= 4 is 27.5 Å². The summed E-state index contributed by atoms with van der Waals surface area (Å²) < 4.78 is 26.8. The van der Waals surface area contributed by atoms with Crippen LogP contribution in [-0.4, -0.2) is 55.0 Å². The Labute approximate surface area is 148 Å². The maximum absolute atomic E-state index is 12.6. The van der Waals surface area contributed by atoms with E-state index >= 15 is 0 Å². The molecular weight excluding hydrogens is 348 g/mol. The van der Waals surface area contributed by atoms with Crippen LogP contribution in [0.3, 0.4) is 0 Å². The third-order valence-electron chi connectivity index (χ3n) is 4.94. The molecule has 0 spiro atoms. The monoisotopic (exact) mass is 370 g/mol. The predicted octanol–water partition coefficient (Wildman–Crippen LogP) is 2.30. The number of carbonyl (C=O) groups is 1. The zero-order valence-corrected chi connectivity index (χ0v) is 15.2. The van der Waals surface area contributed by atoms with Crippen molar-refractivity contribution in [2.45, 2.75) is 37.4 Å². The predicted molar refractivity (Wildman–Crippen MR) is 94.5 cm³/mol. The first kappa shape index (κ1) is 17.7. The second-order valence-corrected chi connectivity index (χ2v) is 9.18. The molecule has 1 saturated carbocycles. The van der Waals surface area contributed by atoms with Gasteiger partial charge in [0.15, 0.2) is 0 Å². The van der Waals surface area contributed by atoms with Crippen molar-refractivity contribution < 1.29 is 13.2 Å². The lowest BCUT2D eigenvalue weighted by atomic mass is 10.1. The lowest BCUT2D eigenvalue weighted by molar-refractivity contribution is -0.131. The van der Waals surface area contributed by atoms with Crippen molar-refractivity contribution in [3.8, 4) is 0 Å². The van der Waals surface area contributed by atoms with Crippen LogP contribution >= 0.6 is 11.6 Å². The minimum Gasteiger partial charge on any atom is -0.340 e. The Morgan fingerprint density at radius 3 is 2.21 bits per heavy atom. The van der Waals surface area contributed by atoms with Gasteiger partial charge in [-0.3, -0.25) is 4.79 Å². The first-order chi connectivity index (χ1) is 11.5. The number of hydrogen-bond donors (Lipinski definition) is 0. The lowest BCUT2D eigenvalue weighted by Crippen LogP contribution is -2.52. The van der Waals surface area contributed by atoms with Gasteiger partial charge in [-0.1, -0.05) is 36.6 Å². The molecular formula is C17H23ClN2O3S. The molecule has 0 bridgehead atoms. The van der Waals surface area contributed by atoms with Gasteiger partial charge in [0, 0.05) is 31.2 Å². The Kier molecular flexibility index (Phi) is 5.47. The van der Waals surface area contributed by atoms with Crippen molar-refractivity contribution in [1.29, 1.82) is 0 Å². The summed E-state index contributed by atoms with van der Waals surface area (Å²) >= 11 is 5.85. The van der Waals surface area contributed by atoms with Gasteiger partial charge in [-0.2, -0.15) is 4.31 Å². The molecule has 1 aliphatic carbocycles. The summed E-state index contributed by atoms with van der Waals surface area (Å²) in [6, 6.07) is 7.24. The molecule has 1 heterocycles. The third kappa shape index (κ3) is 3.92. The summed E-state index contributed by atoms with van der Waals surface area (Å²) in [5.74, 6) is 0.0373. The highest BCUT2D eigenvalue weighted by Crippen LogP contribution is 2.27. The maximum atomic E-state index is 12.6. The van der Waals surface area contributed by atoms with Crippen LogP contribution in [0, 0.1) is 0 Å². The molecule has 2 fully saturated rings. The average Bonchev–Trinajstić information content (AvgIpc) is 3.12. The summed E-state index contributed by atoms with van der Waals surface area (Å²) in [6.45, 7) is 1.76. The molecule has 132 valence electrons. The van der Waals surface area contributed by atoms with E-state index in [-0.39, 0.29) is 11.2 Å². The summed E-state index contributed by atoms with van der Waals surface area (Å²) in [7, 11) is -3.19. The van der Waals surface area contributed by atoms with Gasteiger partial charge in [-0.25, -0.2) is 8.42 Å². The van der Waals surface area contributed by atoms with Crippen molar-refractivity contribution in [2.75, 3.05) is 26.2 Å². The highest BCUT2D eigenvalue weighted by Gasteiger charge is 2.36. The van der Waals surface area contributed by atoms with Crippen LogP contribution in [0.4, 0.5) is 0 Å². The van der Waals surface area contributed by atoms with Crippen molar-refractivity contribution in [1.82, 2.24) is 9.21 Å². The highest BCUT2D eigenvalue weighted by molar-refractivity contribution is 7.89. The van der Waals surface area contributed by atoms with Crippen LogP contribution in [0.2, 0.25) is 5.02 Å². The van der Waals surface area contributed by atoms with E-state index in [4.69, 9.17) is 11.6 Å². The number of carbonyl (C=O) groups excluding carboxylic acids is 1. The fourth-order valence-electron chi connectivity index (χ4n) is 3.48. The van der Waals surface area contributed by atoms with E-state index in [0.717, 1.165) is 31.2 Å². The zero-order chi connectivity index (χ0) is 17.2. The standard InChI is InChI=1S/C17H23ClN2O3S/c18-15-7-5-14(6-8-15)13-17(21)19-9-11-20(12-10-19)24(22,23)16-3-1-2-4-16/h5-8,16H,1-4,9-13H2.